The highest BCUT2D eigenvalue weighted by Gasteiger charge is 2.39. The van der Waals surface area contributed by atoms with E-state index in [1.165, 1.54) is 0 Å². The highest BCUT2D eigenvalue weighted by Crippen LogP contribution is 2.25. The predicted octanol–water partition coefficient (Wildman–Crippen LogP) is 3.19. The molecule has 6 nitrogen and oxygen atoms in total. The van der Waals surface area contributed by atoms with Gasteiger partial charge in [0.25, 0.3) is 0 Å². The maximum absolute atomic E-state index is 8.57. The summed E-state index contributed by atoms with van der Waals surface area (Å²) in [7, 11) is -5.38. The lowest BCUT2D eigenvalue weighted by molar-refractivity contribution is 0.00769. The van der Waals surface area contributed by atoms with Crippen molar-refractivity contribution in [1.29, 1.82) is 0 Å². The zero-order chi connectivity index (χ0) is 19.4. The largest absolute Gasteiger partial charge is 0.437 e. The van der Waals surface area contributed by atoms with E-state index in [0.29, 0.717) is 39.6 Å². The van der Waals surface area contributed by atoms with Gasteiger partial charge in [0.05, 0.1) is 39.6 Å². The van der Waals surface area contributed by atoms with Gasteiger partial charge in [0.2, 0.25) is 0 Å². The van der Waals surface area contributed by atoms with Gasteiger partial charge < -0.3 is 27.5 Å². The summed E-state index contributed by atoms with van der Waals surface area (Å²) in [6.45, 7) is 18.9. The first-order valence-electron chi connectivity index (χ1n) is 9.22. The zero-order valence-corrected chi connectivity index (χ0v) is 20.4. The van der Waals surface area contributed by atoms with Crippen molar-refractivity contribution < 1.29 is 27.5 Å². The lowest BCUT2D eigenvalue weighted by Crippen LogP contribution is -2.52. The molecule has 0 bridgehead atoms. The zero-order valence-electron chi connectivity index (χ0n) is 17.4. The Hall–Kier alpha value is 0.411. The summed E-state index contributed by atoms with van der Waals surface area (Å²) >= 11 is 0. The minimum Gasteiger partial charge on any atom is -0.437 e. The molecule has 0 atom stereocenters. The molecular formula is C16H40O6Si3. The van der Waals surface area contributed by atoms with Crippen molar-refractivity contribution in [3.05, 3.63) is 0 Å². The van der Waals surface area contributed by atoms with Gasteiger partial charge in [-0.1, -0.05) is 0 Å². The summed E-state index contributed by atoms with van der Waals surface area (Å²) < 4.78 is 29.1. The summed E-state index contributed by atoms with van der Waals surface area (Å²) in [4.78, 5) is 0. The van der Waals surface area contributed by atoms with E-state index in [2.05, 4.69) is 45.8 Å². The van der Waals surface area contributed by atoms with Crippen LogP contribution in [0.2, 0.25) is 51.9 Å². The van der Waals surface area contributed by atoms with Crippen LogP contribution in [-0.4, -0.2) is 76.6 Å². The minimum atomic E-state index is -2.14. The van der Waals surface area contributed by atoms with Crippen LogP contribution < -0.4 is 0 Å². The summed E-state index contributed by atoms with van der Waals surface area (Å²) in [5.41, 5.74) is 0. The van der Waals surface area contributed by atoms with Gasteiger partial charge in [-0.15, -0.1) is 0 Å². The van der Waals surface area contributed by atoms with Gasteiger partial charge in [0.1, 0.15) is 0 Å². The van der Waals surface area contributed by atoms with Gasteiger partial charge in [0.15, 0.2) is 16.6 Å². The number of aliphatic hydroxyl groups excluding tert-OH is 1. The summed E-state index contributed by atoms with van der Waals surface area (Å²) in [5, 5.41) is 8.57. The second-order valence-electron chi connectivity index (χ2n) is 8.23. The molecule has 0 aromatic heterocycles. The van der Waals surface area contributed by atoms with Crippen LogP contribution in [0.1, 0.15) is 6.42 Å². The molecule has 0 rings (SSSR count). The topological polar surface area (TPSA) is 66.4 Å². The van der Waals surface area contributed by atoms with Gasteiger partial charge in [0, 0.05) is 6.61 Å². The van der Waals surface area contributed by atoms with Crippen molar-refractivity contribution in [2.75, 3.05) is 46.2 Å². The first kappa shape index (κ1) is 25.4. The molecule has 0 aliphatic rings. The van der Waals surface area contributed by atoms with Gasteiger partial charge in [-0.2, -0.15) is 0 Å². The second-order valence-corrected chi connectivity index (χ2v) is 21.1. The maximum Gasteiger partial charge on any atom is 0.314 e. The van der Waals surface area contributed by atoms with E-state index < -0.39 is 25.2 Å². The Morgan fingerprint density at radius 1 is 0.600 bits per heavy atom. The van der Waals surface area contributed by atoms with E-state index in [1.807, 2.05) is 0 Å². The first-order valence-corrected chi connectivity index (χ1v) is 18.6. The van der Waals surface area contributed by atoms with Gasteiger partial charge in [-0.05, 0) is 58.3 Å². The standard InChI is InChI=1S/C16H40O6Si3/c1-23(2,3)21-25(7,22-24(4,5)6)16-8-10-18-12-14-20-15-13-19-11-9-17/h17H,8-16H2,1-7H3. The van der Waals surface area contributed by atoms with Crippen LogP contribution in [-0.2, 0) is 22.4 Å². The van der Waals surface area contributed by atoms with Gasteiger partial charge in [-0.25, -0.2) is 0 Å². The van der Waals surface area contributed by atoms with E-state index in [1.54, 1.807) is 0 Å². The van der Waals surface area contributed by atoms with Crippen molar-refractivity contribution in [2.45, 2.75) is 58.3 Å². The summed E-state index contributed by atoms with van der Waals surface area (Å²) in [5.74, 6) is 0. The molecule has 0 aromatic rings. The van der Waals surface area contributed by atoms with E-state index in [-0.39, 0.29) is 6.61 Å². The Bertz CT molecular complexity index is 315. The number of hydrogen-bond acceptors (Lipinski definition) is 6. The van der Waals surface area contributed by atoms with Crippen LogP contribution in [0.25, 0.3) is 0 Å². The molecule has 152 valence electrons. The summed E-state index contributed by atoms with van der Waals surface area (Å²) in [6, 6.07) is 0.970. The molecule has 0 saturated carbocycles. The second kappa shape index (κ2) is 12.7. The predicted molar refractivity (Wildman–Crippen MR) is 109 cm³/mol. The molecule has 0 unspecified atom stereocenters. The Morgan fingerprint density at radius 2 is 1.00 bits per heavy atom. The molecule has 25 heavy (non-hydrogen) atoms. The normalized spacial score (nSPS) is 13.4. The Balaban J connectivity index is 3.92. The van der Waals surface area contributed by atoms with Crippen LogP contribution >= 0.6 is 0 Å². The van der Waals surface area contributed by atoms with E-state index in [4.69, 9.17) is 27.5 Å². The lowest BCUT2D eigenvalue weighted by Gasteiger charge is -2.38. The fourth-order valence-electron chi connectivity index (χ4n) is 2.52. The van der Waals surface area contributed by atoms with Gasteiger partial charge >= 0.3 is 8.56 Å². The van der Waals surface area contributed by atoms with Crippen LogP contribution in [0.3, 0.4) is 0 Å². The van der Waals surface area contributed by atoms with Gasteiger partial charge in [-0.3, -0.25) is 0 Å². The minimum absolute atomic E-state index is 0.0498. The van der Waals surface area contributed by atoms with Crippen LogP contribution in [0, 0.1) is 0 Å². The van der Waals surface area contributed by atoms with E-state index in [0.717, 1.165) is 12.5 Å². The van der Waals surface area contributed by atoms with Crippen LogP contribution in [0.5, 0.6) is 0 Å². The quantitative estimate of drug-likeness (QED) is 0.310. The SMILES string of the molecule is C[Si](C)(C)O[Si](C)(CCCOCCOCCOCCO)O[Si](C)(C)C. The Morgan fingerprint density at radius 3 is 1.40 bits per heavy atom. The highest BCUT2D eigenvalue weighted by molar-refractivity contribution is 6.87. The molecule has 0 heterocycles. The molecule has 0 fully saturated rings. The fourth-order valence-corrected chi connectivity index (χ4v) is 15.0. The third kappa shape index (κ3) is 17.6. The Labute approximate surface area is 157 Å². The Kier molecular flexibility index (Phi) is 12.9. The van der Waals surface area contributed by atoms with Crippen molar-refractivity contribution >= 4 is 25.2 Å². The lowest BCUT2D eigenvalue weighted by atomic mass is 10.5. The monoisotopic (exact) mass is 412 g/mol. The molecule has 1 N–H and O–H groups in total. The molecule has 0 radical (unpaired) electrons. The van der Waals surface area contributed by atoms with E-state index in [9.17, 15) is 0 Å². The smallest absolute Gasteiger partial charge is 0.314 e. The highest BCUT2D eigenvalue weighted by atomic mass is 28.5. The molecule has 0 aliphatic carbocycles. The third-order valence-electron chi connectivity index (χ3n) is 2.94. The molecule has 0 spiro atoms. The summed E-state index contributed by atoms with van der Waals surface area (Å²) in [6.07, 6.45) is 0.956. The molecule has 0 aromatic carbocycles. The van der Waals surface area contributed by atoms with Crippen LogP contribution in [0.15, 0.2) is 0 Å². The number of aliphatic hydroxyl groups is 1. The molecule has 0 saturated heterocycles. The third-order valence-corrected chi connectivity index (χ3v) is 12.6. The van der Waals surface area contributed by atoms with Crippen molar-refractivity contribution in [1.82, 2.24) is 0 Å². The van der Waals surface area contributed by atoms with Crippen molar-refractivity contribution in [3.8, 4) is 0 Å². The van der Waals surface area contributed by atoms with Crippen LogP contribution in [0.4, 0.5) is 0 Å². The molecule has 0 amide bonds. The van der Waals surface area contributed by atoms with E-state index >= 15 is 0 Å². The molecule has 0 aliphatic heterocycles. The number of hydrogen-bond donors (Lipinski definition) is 1. The maximum atomic E-state index is 8.57. The number of ether oxygens (including phenoxy) is 3. The average molecular weight is 413 g/mol. The van der Waals surface area contributed by atoms with Crippen molar-refractivity contribution in [3.63, 3.8) is 0 Å². The fraction of sp³-hybridized carbons (Fsp3) is 1.00. The first-order chi connectivity index (χ1) is 11.5. The average Bonchev–Trinajstić information content (AvgIpc) is 2.40. The molecular weight excluding hydrogens is 372 g/mol. The number of rotatable bonds is 16. The van der Waals surface area contributed by atoms with Crippen molar-refractivity contribution in [2.24, 2.45) is 0 Å². The molecule has 9 heteroatoms.